The van der Waals surface area contributed by atoms with Gasteiger partial charge >= 0.3 is 5.69 Å². The van der Waals surface area contributed by atoms with E-state index in [0.717, 1.165) is 22.6 Å². The van der Waals surface area contributed by atoms with Gasteiger partial charge in [0.1, 0.15) is 5.82 Å². The zero-order valence-electron chi connectivity index (χ0n) is 16.4. The lowest BCUT2D eigenvalue weighted by atomic mass is 9.76. The van der Waals surface area contributed by atoms with Crippen molar-refractivity contribution in [1.29, 1.82) is 0 Å². The average molecular weight is 413 g/mol. The van der Waals surface area contributed by atoms with Crippen LogP contribution in [-0.2, 0) is 16.1 Å². The summed E-state index contributed by atoms with van der Waals surface area (Å²) in [6.07, 6.45) is 3.94. The molecule has 29 heavy (non-hydrogen) atoms. The van der Waals surface area contributed by atoms with E-state index in [1.165, 1.54) is 4.57 Å². The molecular formula is C21H23N3O4S. The van der Waals surface area contributed by atoms with Crippen molar-refractivity contribution in [2.24, 2.45) is 0 Å². The second kappa shape index (κ2) is 8.04. The van der Waals surface area contributed by atoms with E-state index in [9.17, 15) is 14.4 Å². The number of ether oxygens (including phenoxy) is 1. The van der Waals surface area contributed by atoms with Crippen molar-refractivity contribution in [1.82, 2.24) is 9.55 Å². The van der Waals surface area contributed by atoms with Crippen LogP contribution in [0, 0.1) is 0 Å². The minimum absolute atomic E-state index is 0.0531. The molecule has 0 spiro atoms. The van der Waals surface area contributed by atoms with E-state index in [-0.39, 0.29) is 5.78 Å². The summed E-state index contributed by atoms with van der Waals surface area (Å²) in [5.41, 5.74) is 1.78. The molecule has 2 heterocycles. The highest BCUT2D eigenvalue weighted by molar-refractivity contribution is 7.98. The van der Waals surface area contributed by atoms with Gasteiger partial charge in [-0.3, -0.25) is 19.1 Å². The fourth-order valence-corrected chi connectivity index (χ4v) is 4.54. The van der Waals surface area contributed by atoms with Gasteiger partial charge in [-0.25, -0.2) is 4.79 Å². The minimum atomic E-state index is -0.497. The van der Waals surface area contributed by atoms with Gasteiger partial charge in [0.05, 0.1) is 18.7 Å². The van der Waals surface area contributed by atoms with E-state index < -0.39 is 17.2 Å². The number of carbonyl (C=O) groups is 1. The molecule has 8 heteroatoms. The number of anilines is 1. The fraction of sp³-hybridized carbons (Fsp3) is 0.381. The number of benzene rings is 1. The molecule has 0 unspecified atom stereocenters. The zero-order chi connectivity index (χ0) is 20.5. The van der Waals surface area contributed by atoms with Crippen molar-refractivity contribution in [3.63, 3.8) is 0 Å². The minimum Gasteiger partial charge on any atom is -0.383 e. The Morgan fingerprint density at radius 3 is 2.62 bits per heavy atom. The summed E-state index contributed by atoms with van der Waals surface area (Å²) in [5.74, 6) is 0.0173. The molecule has 0 radical (unpaired) electrons. The summed E-state index contributed by atoms with van der Waals surface area (Å²) in [5, 5.41) is 3.25. The molecule has 0 amide bonds. The van der Waals surface area contributed by atoms with Crippen LogP contribution in [0.5, 0.6) is 0 Å². The second-order valence-electron chi connectivity index (χ2n) is 7.17. The fourth-order valence-electron chi connectivity index (χ4n) is 4.13. The highest BCUT2D eigenvalue weighted by Crippen LogP contribution is 2.43. The zero-order valence-corrected chi connectivity index (χ0v) is 17.2. The maximum atomic E-state index is 12.9. The SMILES string of the molecule is COCCn1c2c(c(=O)[nH]c1=O)[C@H](c1ccc(SC)cc1)C1=C(CCCC1=O)N2. The van der Waals surface area contributed by atoms with E-state index >= 15 is 0 Å². The van der Waals surface area contributed by atoms with Gasteiger partial charge in [0, 0.05) is 35.6 Å². The van der Waals surface area contributed by atoms with Gasteiger partial charge in [-0.05, 0) is 36.8 Å². The lowest BCUT2D eigenvalue weighted by Gasteiger charge is -2.34. The normalized spacial score (nSPS) is 18.3. The first-order chi connectivity index (χ1) is 14.0. The number of thioether (sulfide) groups is 1. The standard InChI is InChI=1S/C21H23N3O4S/c1-28-11-10-24-19-18(20(26)23-21(24)27)16(12-6-8-13(29-2)9-7-12)17-14(22-19)4-3-5-15(17)25/h6-9,16,22H,3-5,10-11H2,1-2H3,(H,23,26,27)/t16-/m1/s1. The van der Waals surface area contributed by atoms with Gasteiger partial charge in [-0.15, -0.1) is 11.8 Å². The van der Waals surface area contributed by atoms with Crippen LogP contribution in [0.4, 0.5) is 5.82 Å². The summed E-state index contributed by atoms with van der Waals surface area (Å²) in [6.45, 7) is 0.633. The third-order valence-electron chi connectivity index (χ3n) is 5.51. The Morgan fingerprint density at radius 1 is 1.17 bits per heavy atom. The van der Waals surface area contributed by atoms with Crippen LogP contribution in [0.15, 0.2) is 50.0 Å². The molecule has 0 saturated heterocycles. The average Bonchev–Trinajstić information content (AvgIpc) is 2.72. The maximum Gasteiger partial charge on any atom is 0.330 e. The highest BCUT2D eigenvalue weighted by Gasteiger charge is 2.38. The summed E-state index contributed by atoms with van der Waals surface area (Å²) in [4.78, 5) is 41.8. The summed E-state index contributed by atoms with van der Waals surface area (Å²) < 4.78 is 6.63. The number of aromatic amines is 1. The molecule has 152 valence electrons. The molecule has 7 nitrogen and oxygen atoms in total. The van der Waals surface area contributed by atoms with E-state index in [1.54, 1.807) is 18.9 Å². The highest BCUT2D eigenvalue weighted by atomic mass is 32.2. The maximum absolute atomic E-state index is 12.9. The Balaban J connectivity index is 1.97. The van der Waals surface area contributed by atoms with Gasteiger partial charge < -0.3 is 10.1 Å². The van der Waals surface area contributed by atoms with E-state index in [2.05, 4.69) is 10.3 Å². The number of hydrogen-bond acceptors (Lipinski definition) is 6. The van der Waals surface area contributed by atoms with Crippen molar-refractivity contribution in [3.05, 3.63) is 67.5 Å². The number of hydrogen-bond donors (Lipinski definition) is 2. The molecule has 1 atom stereocenters. The smallest absolute Gasteiger partial charge is 0.330 e. The number of carbonyl (C=O) groups excluding carboxylic acids is 1. The van der Waals surface area contributed by atoms with Crippen molar-refractivity contribution < 1.29 is 9.53 Å². The number of nitrogens with zero attached hydrogens (tertiary/aromatic N) is 1. The number of H-pyrrole nitrogens is 1. The largest absolute Gasteiger partial charge is 0.383 e. The molecule has 1 aliphatic heterocycles. The molecule has 2 aliphatic rings. The molecule has 1 aliphatic carbocycles. The van der Waals surface area contributed by atoms with Crippen LogP contribution in [0.2, 0.25) is 0 Å². The first kappa shape index (κ1) is 19.7. The third-order valence-corrected chi connectivity index (χ3v) is 6.25. The first-order valence-electron chi connectivity index (χ1n) is 9.58. The molecular weight excluding hydrogens is 390 g/mol. The third kappa shape index (κ3) is 3.47. The summed E-state index contributed by atoms with van der Waals surface area (Å²) in [6, 6.07) is 7.90. The van der Waals surface area contributed by atoms with Gasteiger partial charge in [-0.2, -0.15) is 0 Å². The van der Waals surface area contributed by atoms with Crippen molar-refractivity contribution >= 4 is 23.4 Å². The monoisotopic (exact) mass is 413 g/mol. The Hall–Kier alpha value is -2.58. The Kier molecular flexibility index (Phi) is 5.47. The van der Waals surface area contributed by atoms with Crippen LogP contribution in [0.3, 0.4) is 0 Å². The van der Waals surface area contributed by atoms with Crippen LogP contribution in [-0.4, -0.2) is 35.3 Å². The molecule has 2 aromatic rings. The Bertz CT molecular complexity index is 1100. The Morgan fingerprint density at radius 2 is 1.93 bits per heavy atom. The van der Waals surface area contributed by atoms with Gasteiger partial charge in [0.15, 0.2) is 5.78 Å². The summed E-state index contributed by atoms with van der Waals surface area (Å²) >= 11 is 1.63. The van der Waals surface area contributed by atoms with Gasteiger partial charge in [0.2, 0.25) is 0 Å². The predicted octanol–water partition coefficient (Wildman–Crippen LogP) is 2.47. The van der Waals surface area contributed by atoms with Crippen molar-refractivity contribution in [2.75, 3.05) is 25.3 Å². The number of aromatic nitrogens is 2. The lowest BCUT2D eigenvalue weighted by molar-refractivity contribution is -0.116. The predicted molar refractivity (Wildman–Crippen MR) is 113 cm³/mol. The topological polar surface area (TPSA) is 93.2 Å². The van der Waals surface area contributed by atoms with Crippen LogP contribution in [0.1, 0.15) is 36.3 Å². The number of Topliss-reactive ketones (excluding diaryl/α,β-unsaturated/α-hetero) is 1. The molecule has 0 saturated carbocycles. The van der Waals surface area contributed by atoms with Gasteiger partial charge in [0.25, 0.3) is 5.56 Å². The van der Waals surface area contributed by atoms with Crippen LogP contribution in [0.25, 0.3) is 0 Å². The van der Waals surface area contributed by atoms with E-state index in [0.29, 0.717) is 42.9 Å². The number of allylic oxidation sites excluding steroid dienone is 2. The summed E-state index contributed by atoms with van der Waals surface area (Å²) in [7, 11) is 1.56. The van der Waals surface area contributed by atoms with E-state index in [1.807, 2.05) is 30.5 Å². The first-order valence-corrected chi connectivity index (χ1v) is 10.8. The quantitative estimate of drug-likeness (QED) is 0.732. The lowest BCUT2D eigenvalue weighted by Crippen LogP contribution is -2.40. The van der Waals surface area contributed by atoms with Gasteiger partial charge in [-0.1, -0.05) is 12.1 Å². The molecule has 1 aromatic carbocycles. The molecule has 4 rings (SSSR count). The second-order valence-corrected chi connectivity index (χ2v) is 8.05. The molecule has 0 bridgehead atoms. The number of ketones is 1. The molecule has 1 aromatic heterocycles. The number of rotatable bonds is 5. The van der Waals surface area contributed by atoms with Crippen molar-refractivity contribution in [3.8, 4) is 0 Å². The molecule has 2 N–H and O–H groups in total. The molecule has 0 fully saturated rings. The van der Waals surface area contributed by atoms with Crippen LogP contribution < -0.4 is 16.6 Å². The van der Waals surface area contributed by atoms with Crippen LogP contribution >= 0.6 is 11.8 Å². The number of nitrogens with one attached hydrogen (secondary N) is 2. The van der Waals surface area contributed by atoms with Crippen molar-refractivity contribution in [2.45, 2.75) is 36.6 Å². The number of fused-ring (bicyclic) bond motifs is 1. The Labute approximate surface area is 172 Å². The number of methoxy groups -OCH3 is 1. The van der Waals surface area contributed by atoms with E-state index in [4.69, 9.17) is 4.74 Å².